The van der Waals surface area contributed by atoms with Crippen LogP contribution in [0.15, 0.2) is 45.3 Å². The molecule has 1 saturated heterocycles. The molecule has 0 spiro atoms. The lowest BCUT2D eigenvalue weighted by molar-refractivity contribution is -0.136. The summed E-state index contributed by atoms with van der Waals surface area (Å²) in [7, 11) is 0. The molecule has 7 amide bonds. The molecule has 1 aliphatic rings. The van der Waals surface area contributed by atoms with E-state index in [1.807, 2.05) is 13.8 Å². The minimum atomic E-state index is -1.58. The quantitative estimate of drug-likeness (QED) is 0.0136. The molecule has 0 unspecified atom stereocenters. The Balaban J connectivity index is 2.35. The maximum atomic E-state index is 14.3. The first-order chi connectivity index (χ1) is 34.1. The number of amides is 7. The molecule has 2 rings (SSSR count). The number of aliphatic hydroxyl groups excluding tert-OH is 1. The fraction of sp³-hybridized carbons (Fsp3) is 0.630. The number of benzene rings is 1. The van der Waals surface area contributed by atoms with Crippen molar-refractivity contribution in [3.8, 4) is 0 Å². The third-order valence-corrected chi connectivity index (χ3v) is 11.3. The van der Waals surface area contributed by atoms with E-state index in [0.29, 0.717) is 31.2 Å². The second-order valence-corrected chi connectivity index (χ2v) is 18.3. The number of nitrogens with one attached hydrogen (secondary N) is 8. The van der Waals surface area contributed by atoms with E-state index in [2.05, 4.69) is 57.5 Å². The van der Waals surface area contributed by atoms with Crippen molar-refractivity contribution in [3.63, 3.8) is 0 Å². The first-order valence-electron chi connectivity index (χ1n) is 24.3. The number of hydrogen-bond donors (Lipinski definition) is 15. The molecule has 0 aliphatic carbocycles. The van der Waals surface area contributed by atoms with Gasteiger partial charge in [0.25, 0.3) is 0 Å². The lowest BCUT2D eigenvalue weighted by atomic mass is 9.98. The average molecular weight is 1010 g/mol. The van der Waals surface area contributed by atoms with E-state index >= 15 is 0 Å². The third-order valence-electron chi connectivity index (χ3n) is 11.3. The lowest BCUT2D eigenvalue weighted by Crippen LogP contribution is -2.61. The van der Waals surface area contributed by atoms with Crippen LogP contribution < -0.4 is 76.9 Å². The minimum Gasteiger partial charge on any atom is -0.394 e. The van der Waals surface area contributed by atoms with E-state index in [0.717, 1.165) is 6.42 Å². The molecule has 402 valence electrons. The molecule has 0 aromatic heterocycles. The Bertz CT molecular complexity index is 2000. The summed E-state index contributed by atoms with van der Waals surface area (Å²) in [4.78, 5) is 120. The number of nitrogens with two attached hydrogens (primary N) is 6. The van der Waals surface area contributed by atoms with Gasteiger partial charge >= 0.3 is 0 Å². The highest BCUT2D eigenvalue weighted by atomic mass is 16.3. The Morgan fingerprint density at radius 2 is 1.10 bits per heavy atom. The molecule has 1 aromatic rings. The number of carbonyl (C=O) groups excluding carboxylic acids is 8. The lowest BCUT2D eigenvalue weighted by Gasteiger charge is -2.29. The van der Waals surface area contributed by atoms with Crippen LogP contribution in [0.4, 0.5) is 0 Å². The van der Waals surface area contributed by atoms with Gasteiger partial charge in [0, 0.05) is 26.1 Å². The van der Waals surface area contributed by atoms with Gasteiger partial charge in [-0.2, -0.15) is 0 Å². The Labute approximate surface area is 420 Å². The van der Waals surface area contributed by atoms with Gasteiger partial charge in [0.15, 0.2) is 17.9 Å². The van der Waals surface area contributed by atoms with Crippen molar-refractivity contribution < 1.29 is 43.5 Å². The summed E-state index contributed by atoms with van der Waals surface area (Å²) < 4.78 is 0. The molecular weight excluding hydrogens is 935 g/mol. The first kappa shape index (κ1) is 61.0. The van der Waals surface area contributed by atoms with Crippen LogP contribution in [0.25, 0.3) is 0 Å². The van der Waals surface area contributed by atoms with Crippen molar-refractivity contribution in [2.75, 3.05) is 32.8 Å². The van der Waals surface area contributed by atoms with E-state index in [-0.39, 0.29) is 88.4 Å². The highest BCUT2D eigenvalue weighted by Crippen LogP contribution is 2.13. The van der Waals surface area contributed by atoms with Crippen molar-refractivity contribution >= 4 is 65.5 Å². The minimum absolute atomic E-state index is 0.0457. The zero-order chi connectivity index (χ0) is 53.8. The third kappa shape index (κ3) is 23.7. The number of aliphatic imine (C=N–C) groups is 3. The first-order valence-corrected chi connectivity index (χ1v) is 24.3. The number of nitrogens with zero attached hydrogens (tertiary/aromatic N) is 3. The van der Waals surface area contributed by atoms with Crippen molar-refractivity contribution in [1.82, 2.24) is 42.5 Å². The van der Waals surface area contributed by atoms with E-state index in [4.69, 9.17) is 34.4 Å². The van der Waals surface area contributed by atoms with Gasteiger partial charge in [-0.25, -0.2) is 0 Å². The van der Waals surface area contributed by atoms with E-state index in [1.54, 1.807) is 44.2 Å². The van der Waals surface area contributed by atoms with Gasteiger partial charge in [0.05, 0.1) is 18.7 Å². The van der Waals surface area contributed by atoms with Crippen LogP contribution in [-0.2, 0) is 44.8 Å². The summed E-state index contributed by atoms with van der Waals surface area (Å²) in [6.07, 6.45) is 3.12. The maximum Gasteiger partial charge on any atom is 0.245 e. The number of aldehydes is 1. The normalized spacial score (nSPS) is 16.0. The zero-order valence-corrected chi connectivity index (χ0v) is 41.9. The van der Waals surface area contributed by atoms with Gasteiger partial charge in [-0.1, -0.05) is 58.0 Å². The van der Waals surface area contributed by atoms with Crippen molar-refractivity contribution in [1.29, 1.82) is 0 Å². The SMILES string of the molecule is CC(C)C[C@H](NC(=O)[C@H](Cc1ccccc1)NC(=O)[C@H](CO)NC(=O)[C@H](CCCN=C(N)N)NC(=O)[C@@H]1CCCN1)C(=O)N[C@H](C(=O)N[C@@H](CCCN=C(N)N)C(=O)N[C@H](C=O)CCCN=C(N)N)C(C)C. The van der Waals surface area contributed by atoms with E-state index in [9.17, 15) is 43.5 Å². The Morgan fingerprint density at radius 3 is 1.60 bits per heavy atom. The molecule has 72 heavy (non-hydrogen) atoms. The molecule has 1 fully saturated rings. The summed E-state index contributed by atoms with van der Waals surface area (Å²) in [5.41, 5.74) is 33.2. The number of rotatable bonds is 33. The smallest absolute Gasteiger partial charge is 0.245 e. The highest BCUT2D eigenvalue weighted by molar-refractivity contribution is 5.97. The largest absolute Gasteiger partial charge is 0.394 e. The number of aliphatic hydroxyl groups is 1. The molecule has 0 bridgehead atoms. The van der Waals surface area contributed by atoms with Crippen LogP contribution in [0.3, 0.4) is 0 Å². The monoisotopic (exact) mass is 1010 g/mol. The molecule has 8 atom stereocenters. The van der Waals surface area contributed by atoms with E-state index in [1.165, 1.54) is 0 Å². The topological polar surface area (TPSA) is 446 Å². The summed E-state index contributed by atoms with van der Waals surface area (Å²) >= 11 is 0. The van der Waals surface area contributed by atoms with Gasteiger partial charge < -0.3 is 86.8 Å². The summed E-state index contributed by atoms with van der Waals surface area (Å²) in [5, 5.41) is 32.1. The molecular formula is C46H79N17O9. The van der Waals surface area contributed by atoms with Gasteiger partial charge in [-0.3, -0.25) is 48.5 Å². The van der Waals surface area contributed by atoms with Gasteiger partial charge in [-0.15, -0.1) is 0 Å². The van der Waals surface area contributed by atoms with Gasteiger partial charge in [-0.05, 0) is 81.7 Å². The second kappa shape index (κ2) is 32.7. The highest BCUT2D eigenvalue weighted by Gasteiger charge is 2.35. The average Bonchev–Trinajstić information content (AvgIpc) is 3.87. The molecule has 0 radical (unpaired) electrons. The van der Waals surface area contributed by atoms with Crippen LogP contribution in [-0.4, -0.2) is 152 Å². The summed E-state index contributed by atoms with van der Waals surface area (Å²) in [6, 6.07) is -0.547. The van der Waals surface area contributed by atoms with Crippen molar-refractivity contribution in [2.45, 2.75) is 140 Å². The number of hydrogen-bond acceptors (Lipinski definition) is 13. The fourth-order valence-electron chi connectivity index (χ4n) is 7.53. The number of carbonyl (C=O) groups is 8. The van der Waals surface area contributed by atoms with Crippen LogP contribution in [0.2, 0.25) is 0 Å². The molecule has 1 aliphatic heterocycles. The molecule has 0 saturated carbocycles. The summed E-state index contributed by atoms with van der Waals surface area (Å²) in [5.74, 6) is -6.25. The molecule has 26 nitrogen and oxygen atoms in total. The fourth-order valence-corrected chi connectivity index (χ4v) is 7.53. The maximum absolute atomic E-state index is 14.3. The number of guanidine groups is 3. The predicted octanol–water partition coefficient (Wildman–Crippen LogP) is -4.57. The van der Waals surface area contributed by atoms with Crippen molar-refractivity contribution in [2.24, 2.45) is 61.2 Å². The van der Waals surface area contributed by atoms with Gasteiger partial charge in [0.2, 0.25) is 41.4 Å². The summed E-state index contributed by atoms with van der Waals surface area (Å²) in [6.45, 7) is 7.22. The molecule has 26 heteroatoms. The van der Waals surface area contributed by atoms with Crippen LogP contribution >= 0.6 is 0 Å². The van der Waals surface area contributed by atoms with Crippen LogP contribution in [0.1, 0.15) is 91.0 Å². The molecule has 21 N–H and O–H groups in total. The van der Waals surface area contributed by atoms with E-state index < -0.39 is 102 Å². The Morgan fingerprint density at radius 1 is 0.625 bits per heavy atom. The van der Waals surface area contributed by atoms with Crippen molar-refractivity contribution in [3.05, 3.63) is 35.9 Å². The molecule has 1 aromatic carbocycles. The zero-order valence-electron chi connectivity index (χ0n) is 41.9. The Kier molecular flexibility index (Phi) is 27.7. The van der Waals surface area contributed by atoms with Crippen LogP contribution in [0, 0.1) is 11.8 Å². The predicted molar refractivity (Wildman–Crippen MR) is 272 cm³/mol. The standard InChI is InChI=1S/C46H79N17O9/c1-26(2)22-33(41(70)63-36(27(3)4)43(72)59-31(16-10-20-55-45(49)50)38(67)57-29(24-64)14-8-19-54-44(47)48)60-40(69)34(23-28-12-6-5-7-13-28)61-42(71)35(25-65)62-39(68)32(17-11-21-56-46(51)52)58-37(66)30-15-9-18-53-30/h5-7,12-13,24,26-27,29-36,53,65H,8-11,14-23,25H2,1-4H3,(H,57,67)(H,58,66)(H,59,72)(H,60,69)(H,61,71)(H,62,68)(H,63,70)(H4,47,48,54)(H4,49,50,55)(H4,51,52,56)/t29-,30-,31-,32-,33-,34-,35-,36-/m0/s1. The van der Waals surface area contributed by atoms with Crippen LogP contribution in [0.5, 0.6) is 0 Å². The van der Waals surface area contributed by atoms with Gasteiger partial charge in [0.1, 0.15) is 42.5 Å². The Hall–Kier alpha value is -7.09. The second-order valence-electron chi connectivity index (χ2n) is 18.3. The molecule has 1 heterocycles.